The van der Waals surface area contributed by atoms with Gasteiger partial charge in [0.1, 0.15) is 11.8 Å². The maximum absolute atomic E-state index is 13.0. The average Bonchev–Trinajstić information content (AvgIpc) is 3.01. The van der Waals surface area contributed by atoms with Gasteiger partial charge in [-0.25, -0.2) is 0 Å². The molecule has 1 atom stereocenters. The Bertz CT molecular complexity index is 1070. The van der Waals surface area contributed by atoms with Gasteiger partial charge in [-0.05, 0) is 38.2 Å². The summed E-state index contributed by atoms with van der Waals surface area (Å²) in [7, 11) is 0. The van der Waals surface area contributed by atoms with E-state index in [-0.39, 0.29) is 34.3 Å². The normalized spacial score (nSPS) is 16.6. The topological polar surface area (TPSA) is 111 Å². The van der Waals surface area contributed by atoms with E-state index in [1.165, 1.54) is 6.92 Å². The van der Waals surface area contributed by atoms with Gasteiger partial charge in [-0.2, -0.15) is 0 Å². The zero-order valence-corrected chi connectivity index (χ0v) is 17.6. The Balaban J connectivity index is 1.92. The zero-order valence-electron chi connectivity index (χ0n) is 17.6. The summed E-state index contributed by atoms with van der Waals surface area (Å²) in [5, 5.41) is 20.5. The molecule has 0 heterocycles. The molecule has 1 aliphatic carbocycles. The first-order chi connectivity index (χ1) is 14.9. The minimum absolute atomic E-state index is 0.178. The van der Waals surface area contributed by atoms with Crippen molar-refractivity contribution in [2.24, 2.45) is 10.2 Å². The Kier molecular flexibility index (Phi) is 6.71. The maximum atomic E-state index is 13.0. The predicted octanol–water partition coefficient (Wildman–Crippen LogP) is 4.29. The van der Waals surface area contributed by atoms with Crippen LogP contribution in [0.3, 0.4) is 0 Å². The molecule has 1 aliphatic rings. The zero-order chi connectivity index (χ0) is 22.5. The highest BCUT2D eigenvalue weighted by Crippen LogP contribution is 2.33. The molecule has 3 rings (SSSR count). The third kappa shape index (κ3) is 4.44. The number of aliphatic hydroxyl groups is 1. The molecule has 0 aromatic heterocycles. The van der Waals surface area contributed by atoms with Gasteiger partial charge in [0, 0.05) is 11.3 Å². The smallest absolute Gasteiger partial charge is 0.279 e. The minimum Gasteiger partial charge on any atom is -0.510 e. The van der Waals surface area contributed by atoms with Crippen LogP contribution in [0, 0.1) is 0 Å². The van der Waals surface area contributed by atoms with Gasteiger partial charge < -0.3 is 10.4 Å². The Morgan fingerprint density at radius 3 is 2.32 bits per heavy atom. The monoisotopic (exact) mass is 420 g/mol. The lowest BCUT2D eigenvalue weighted by Crippen LogP contribution is -2.42. The molecule has 1 unspecified atom stereocenters. The van der Waals surface area contributed by atoms with Crippen molar-refractivity contribution < 1.29 is 19.5 Å². The quantitative estimate of drug-likeness (QED) is 0.300. The molecule has 0 saturated heterocycles. The number of amides is 1. The number of carbonyl (C=O) groups excluding carboxylic acids is 3. The molecule has 0 spiro atoms. The highest BCUT2D eigenvalue weighted by molar-refractivity contribution is 6.31. The molecular formula is C23H24N4O4. The van der Waals surface area contributed by atoms with Crippen LogP contribution in [0.15, 0.2) is 70.2 Å². The summed E-state index contributed by atoms with van der Waals surface area (Å²) in [6.45, 7) is 6.21. The van der Waals surface area contributed by atoms with Crippen LogP contribution in [-0.4, -0.2) is 46.6 Å². The second-order valence-electron chi connectivity index (χ2n) is 7.01. The number of hydrogen-bond acceptors (Lipinski definition) is 7. The van der Waals surface area contributed by atoms with Crippen molar-refractivity contribution in [1.82, 2.24) is 4.90 Å². The fourth-order valence-electron chi connectivity index (χ4n) is 3.51. The number of aliphatic hydroxyl groups excluding tert-OH is 1. The van der Waals surface area contributed by atoms with Crippen molar-refractivity contribution in [3.63, 3.8) is 0 Å². The van der Waals surface area contributed by atoms with Gasteiger partial charge in [0.15, 0.2) is 17.3 Å². The Hall–Kier alpha value is -3.65. The van der Waals surface area contributed by atoms with Crippen molar-refractivity contribution in [3.8, 4) is 0 Å². The molecule has 160 valence electrons. The van der Waals surface area contributed by atoms with Gasteiger partial charge in [-0.15, -0.1) is 10.2 Å². The highest BCUT2D eigenvalue weighted by Gasteiger charge is 2.42. The molecule has 0 radical (unpaired) electrons. The summed E-state index contributed by atoms with van der Waals surface area (Å²) in [6, 6.07) is 12.6. The number of fused-ring (bicyclic) bond motifs is 1. The number of para-hydroxylation sites is 1. The van der Waals surface area contributed by atoms with Crippen LogP contribution < -0.4 is 5.32 Å². The molecule has 31 heavy (non-hydrogen) atoms. The number of allylic oxidation sites excluding steroid dienone is 1. The fraction of sp³-hybridized carbons (Fsp3) is 0.261. The Morgan fingerprint density at radius 2 is 1.71 bits per heavy atom. The molecule has 8 nitrogen and oxygen atoms in total. The van der Waals surface area contributed by atoms with Gasteiger partial charge in [0.2, 0.25) is 0 Å². The Labute approximate surface area is 180 Å². The number of carbonyl (C=O) groups is 3. The molecule has 2 aromatic rings. The number of ketones is 2. The second kappa shape index (κ2) is 9.44. The highest BCUT2D eigenvalue weighted by atomic mass is 16.3. The van der Waals surface area contributed by atoms with E-state index in [1.807, 2.05) is 19.9 Å². The SMILES string of the molecule is CCN(CC)C1C(=O)c2cccc(N=N/C(C(=O)Nc3ccccc3)=C(/C)O)c2C1=O. The van der Waals surface area contributed by atoms with E-state index < -0.39 is 11.9 Å². The number of Topliss-reactive ketones (excluding diaryl/α,β-unsaturated/α-hetero) is 2. The standard InChI is InChI=1S/C23H24N4O4/c1-4-27(5-2)20-21(29)16-12-9-13-17(18(16)22(20)30)25-26-19(14(3)28)23(31)24-15-10-7-6-8-11-15/h6-13,20,28H,4-5H2,1-3H3,(H,24,31)/b19-14-,26-25?. The number of nitrogens with zero attached hydrogens (tertiary/aromatic N) is 3. The first-order valence-corrected chi connectivity index (χ1v) is 10.0. The van der Waals surface area contributed by atoms with E-state index in [4.69, 9.17) is 0 Å². The van der Waals surface area contributed by atoms with Crippen molar-refractivity contribution in [2.75, 3.05) is 18.4 Å². The van der Waals surface area contributed by atoms with Crippen molar-refractivity contribution in [2.45, 2.75) is 26.8 Å². The predicted molar refractivity (Wildman–Crippen MR) is 117 cm³/mol. The van der Waals surface area contributed by atoms with Crippen LogP contribution in [0.1, 0.15) is 41.5 Å². The molecule has 0 aliphatic heterocycles. The van der Waals surface area contributed by atoms with Crippen LogP contribution in [0.4, 0.5) is 11.4 Å². The molecule has 2 N–H and O–H groups in total. The second-order valence-corrected chi connectivity index (χ2v) is 7.01. The van der Waals surface area contributed by atoms with E-state index >= 15 is 0 Å². The first kappa shape index (κ1) is 22.0. The van der Waals surface area contributed by atoms with E-state index in [9.17, 15) is 19.5 Å². The third-order valence-corrected chi connectivity index (χ3v) is 5.08. The van der Waals surface area contributed by atoms with Gasteiger partial charge >= 0.3 is 0 Å². The van der Waals surface area contributed by atoms with Crippen molar-refractivity contribution in [3.05, 3.63) is 71.1 Å². The van der Waals surface area contributed by atoms with Crippen molar-refractivity contribution >= 4 is 28.8 Å². The number of benzene rings is 2. The third-order valence-electron chi connectivity index (χ3n) is 5.08. The number of nitrogens with one attached hydrogen (secondary N) is 1. The van der Waals surface area contributed by atoms with Gasteiger partial charge in [-0.3, -0.25) is 19.3 Å². The van der Waals surface area contributed by atoms with Gasteiger partial charge in [0.05, 0.1) is 11.3 Å². The molecule has 8 heteroatoms. The molecular weight excluding hydrogens is 396 g/mol. The lowest BCUT2D eigenvalue weighted by atomic mass is 10.1. The number of hydrogen-bond donors (Lipinski definition) is 2. The van der Waals surface area contributed by atoms with Gasteiger partial charge in [-0.1, -0.05) is 44.2 Å². The molecule has 0 fully saturated rings. The average molecular weight is 420 g/mol. The van der Waals surface area contributed by atoms with E-state index in [2.05, 4.69) is 15.5 Å². The van der Waals surface area contributed by atoms with Crippen LogP contribution >= 0.6 is 0 Å². The number of anilines is 1. The van der Waals surface area contributed by atoms with Crippen LogP contribution in [0.25, 0.3) is 0 Å². The van der Waals surface area contributed by atoms with E-state index in [0.29, 0.717) is 24.3 Å². The van der Waals surface area contributed by atoms with Crippen LogP contribution in [-0.2, 0) is 4.79 Å². The number of azo groups is 1. The number of rotatable bonds is 7. The lowest BCUT2D eigenvalue weighted by molar-refractivity contribution is -0.113. The van der Waals surface area contributed by atoms with E-state index in [1.54, 1.807) is 47.4 Å². The maximum Gasteiger partial charge on any atom is 0.279 e. The summed E-state index contributed by atoms with van der Waals surface area (Å²) in [6.07, 6.45) is 0. The molecule has 0 bridgehead atoms. The molecule has 0 saturated carbocycles. The van der Waals surface area contributed by atoms with Crippen LogP contribution in [0.2, 0.25) is 0 Å². The summed E-state index contributed by atoms with van der Waals surface area (Å²) < 4.78 is 0. The summed E-state index contributed by atoms with van der Waals surface area (Å²) in [5.74, 6) is -1.57. The lowest BCUT2D eigenvalue weighted by Gasteiger charge is -2.22. The van der Waals surface area contributed by atoms with Crippen molar-refractivity contribution in [1.29, 1.82) is 0 Å². The largest absolute Gasteiger partial charge is 0.510 e. The fourth-order valence-corrected chi connectivity index (χ4v) is 3.51. The molecule has 2 aromatic carbocycles. The first-order valence-electron chi connectivity index (χ1n) is 10.0. The van der Waals surface area contributed by atoms with Crippen LogP contribution in [0.5, 0.6) is 0 Å². The summed E-state index contributed by atoms with van der Waals surface area (Å²) in [4.78, 5) is 40.2. The summed E-state index contributed by atoms with van der Waals surface area (Å²) in [5.41, 5.74) is 0.894. The van der Waals surface area contributed by atoms with E-state index in [0.717, 1.165) is 0 Å². The number of likely N-dealkylation sites (N-methyl/N-ethyl adjacent to an activating group) is 1. The Morgan fingerprint density at radius 1 is 1.03 bits per heavy atom. The molecule has 1 amide bonds. The van der Waals surface area contributed by atoms with Gasteiger partial charge in [0.25, 0.3) is 5.91 Å². The minimum atomic E-state index is -0.877. The summed E-state index contributed by atoms with van der Waals surface area (Å²) >= 11 is 0.